The van der Waals surface area contributed by atoms with Crippen LogP contribution in [0, 0.1) is 6.92 Å². The lowest BCUT2D eigenvalue weighted by Gasteiger charge is -2.41. The highest BCUT2D eigenvalue weighted by molar-refractivity contribution is 5.94. The van der Waals surface area contributed by atoms with Crippen molar-refractivity contribution in [1.82, 2.24) is 9.47 Å². The molecule has 0 saturated carbocycles. The van der Waals surface area contributed by atoms with E-state index in [1.807, 2.05) is 31.2 Å². The number of likely N-dealkylation sites (tertiary alicyclic amines) is 1. The molecule has 1 aromatic heterocycles. The van der Waals surface area contributed by atoms with Crippen molar-refractivity contribution in [1.29, 1.82) is 0 Å². The second-order valence-electron chi connectivity index (χ2n) is 9.69. The summed E-state index contributed by atoms with van der Waals surface area (Å²) in [5, 5.41) is 10.6. The fourth-order valence-corrected chi connectivity index (χ4v) is 5.70. The van der Waals surface area contributed by atoms with Gasteiger partial charge in [0.1, 0.15) is 5.75 Å². The number of esters is 1. The molecule has 8 nitrogen and oxygen atoms in total. The molecule has 0 radical (unpaired) electrons. The maximum atomic E-state index is 12.3. The average molecular weight is 492 g/mol. The van der Waals surface area contributed by atoms with Gasteiger partial charge in [-0.25, -0.2) is 9.59 Å². The van der Waals surface area contributed by atoms with Gasteiger partial charge in [0.05, 0.1) is 25.3 Å². The minimum atomic E-state index is -0.995. The van der Waals surface area contributed by atoms with Crippen LogP contribution in [0.4, 0.5) is 10.5 Å². The smallest absolute Gasteiger partial charge is 0.416 e. The molecule has 8 heteroatoms. The van der Waals surface area contributed by atoms with Crippen molar-refractivity contribution in [2.45, 2.75) is 45.2 Å². The van der Waals surface area contributed by atoms with Crippen molar-refractivity contribution in [2.24, 2.45) is 0 Å². The third-order valence-electron chi connectivity index (χ3n) is 7.64. The highest BCUT2D eigenvalue weighted by Gasteiger charge is 2.31. The first-order valence-corrected chi connectivity index (χ1v) is 12.5. The molecule has 36 heavy (non-hydrogen) atoms. The second-order valence-corrected chi connectivity index (χ2v) is 9.69. The van der Waals surface area contributed by atoms with E-state index in [0.717, 1.165) is 73.3 Å². The third kappa shape index (κ3) is 4.19. The summed E-state index contributed by atoms with van der Waals surface area (Å²) in [4.78, 5) is 28.9. The zero-order valence-corrected chi connectivity index (χ0v) is 21.1. The predicted octanol–water partition coefficient (Wildman–Crippen LogP) is 5.21. The summed E-state index contributed by atoms with van der Waals surface area (Å²) in [6.07, 6.45) is 5.02. The number of ether oxygens (including phenoxy) is 2. The van der Waals surface area contributed by atoms with E-state index in [9.17, 15) is 14.7 Å². The number of aryl methyl sites for hydroxylation is 1. The zero-order chi connectivity index (χ0) is 25.4. The van der Waals surface area contributed by atoms with Crippen LogP contribution in [0.25, 0.3) is 10.9 Å². The van der Waals surface area contributed by atoms with Crippen LogP contribution in [0.15, 0.2) is 36.5 Å². The normalized spacial score (nSPS) is 18.2. The summed E-state index contributed by atoms with van der Waals surface area (Å²) in [5.41, 5.74) is 5.48. The van der Waals surface area contributed by atoms with Gasteiger partial charge in [0.2, 0.25) is 0 Å². The van der Waals surface area contributed by atoms with Gasteiger partial charge in [-0.05, 0) is 68.1 Å². The number of rotatable bonds is 6. The number of carbonyl (C=O) groups is 2. The highest BCUT2D eigenvalue weighted by atomic mass is 16.5. The first kappa shape index (κ1) is 24.2. The summed E-state index contributed by atoms with van der Waals surface area (Å²) in [6, 6.07) is 9.94. The molecule has 2 fully saturated rings. The SMILES string of the molecule is COC(=O)c1ccc(C2CCCCN2Cc2c(OC)cc(C)c3c2ccn3C(=O)O)c(N2CCC2)c1. The van der Waals surface area contributed by atoms with Gasteiger partial charge in [0.15, 0.2) is 0 Å². The Morgan fingerprint density at radius 3 is 2.53 bits per heavy atom. The van der Waals surface area contributed by atoms with Crippen molar-refractivity contribution in [3.8, 4) is 5.75 Å². The van der Waals surface area contributed by atoms with Crippen LogP contribution < -0.4 is 9.64 Å². The van der Waals surface area contributed by atoms with Crippen LogP contribution in [-0.2, 0) is 11.3 Å². The first-order chi connectivity index (χ1) is 17.4. The van der Waals surface area contributed by atoms with E-state index in [1.165, 1.54) is 17.2 Å². The molecule has 5 rings (SSSR count). The molecule has 190 valence electrons. The van der Waals surface area contributed by atoms with E-state index in [2.05, 4.69) is 15.9 Å². The summed E-state index contributed by atoms with van der Waals surface area (Å²) in [7, 11) is 3.08. The minimum Gasteiger partial charge on any atom is -0.496 e. The molecule has 3 heterocycles. The van der Waals surface area contributed by atoms with Crippen LogP contribution >= 0.6 is 0 Å². The number of methoxy groups -OCH3 is 2. The van der Waals surface area contributed by atoms with Crippen molar-refractivity contribution >= 4 is 28.7 Å². The molecule has 0 spiro atoms. The second kappa shape index (κ2) is 9.85. The summed E-state index contributed by atoms with van der Waals surface area (Å²) < 4.78 is 12.1. The van der Waals surface area contributed by atoms with Crippen LogP contribution in [0.3, 0.4) is 0 Å². The molecule has 0 amide bonds. The molecule has 2 aliphatic heterocycles. The van der Waals surface area contributed by atoms with Crippen LogP contribution in [0.1, 0.15) is 58.8 Å². The number of fused-ring (bicyclic) bond motifs is 1. The van der Waals surface area contributed by atoms with Crippen LogP contribution in [0.2, 0.25) is 0 Å². The van der Waals surface area contributed by atoms with Gasteiger partial charge in [-0.1, -0.05) is 12.5 Å². The molecular weight excluding hydrogens is 458 g/mol. The maximum Gasteiger partial charge on any atom is 0.416 e. The van der Waals surface area contributed by atoms with Gasteiger partial charge in [0, 0.05) is 48.5 Å². The third-order valence-corrected chi connectivity index (χ3v) is 7.64. The Morgan fingerprint density at radius 1 is 1.06 bits per heavy atom. The lowest BCUT2D eigenvalue weighted by Crippen LogP contribution is -2.40. The Balaban J connectivity index is 1.56. The van der Waals surface area contributed by atoms with Gasteiger partial charge in [-0.3, -0.25) is 9.47 Å². The van der Waals surface area contributed by atoms with Crippen molar-refractivity contribution in [3.63, 3.8) is 0 Å². The molecular formula is C28H33N3O5. The fourth-order valence-electron chi connectivity index (χ4n) is 5.70. The fraction of sp³-hybridized carbons (Fsp3) is 0.429. The number of carbonyl (C=O) groups excluding carboxylic acids is 1. The number of hydrogen-bond acceptors (Lipinski definition) is 6. The number of benzene rings is 2. The molecule has 1 N–H and O–H groups in total. The first-order valence-electron chi connectivity index (χ1n) is 12.5. The number of hydrogen-bond donors (Lipinski definition) is 1. The topological polar surface area (TPSA) is 84.2 Å². The number of nitrogens with zero attached hydrogens (tertiary/aromatic N) is 3. The highest BCUT2D eigenvalue weighted by Crippen LogP contribution is 2.41. The molecule has 2 saturated heterocycles. The molecule has 3 aromatic rings. The Bertz CT molecular complexity index is 1310. The summed E-state index contributed by atoms with van der Waals surface area (Å²) in [5.74, 6) is 0.454. The van der Waals surface area contributed by atoms with E-state index >= 15 is 0 Å². The number of carboxylic acid groups (broad SMARTS) is 1. The average Bonchev–Trinajstić information content (AvgIpc) is 3.31. The van der Waals surface area contributed by atoms with Gasteiger partial charge >= 0.3 is 12.1 Å². The Hall–Kier alpha value is -3.52. The zero-order valence-electron chi connectivity index (χ0n) is 21.1. The monoisotopic (exact) mass is 491 g/mol. The molecule has 0 aliphatic carbocycles. The molecule has 2 aromatic carbocycles. The molecule has 0 bridgehead atoms. The Labute approximate surface area is 211 Å². The number of anilines is 1. The maximum absolute atomic E-state index is 12.3. The lowest BCUT2D eigenvalue weighted by atomic mass is 9.91. The predicted molar refractivity (Wildman–Crippen MR) is 138 cm³/mol. The largest absolute Gasteiger partial charge is 0.496 e. The van der Waals surface area contributed by atoms with Gasteiger partial charge in [-0.15, -0.1) is 0 Å². The van der Waals surface area contributed by atoms with E-state index in [1.54, 1.807) is 13.3 Å². The number of aromatic nitrogens is 1. The Morgan fingerprint density at radius 2 is 1.86 bits per heavy atom. The molecule has 1 unspecified atom stereocenters. The van der Waals surface area contributed by atoms with Crippen molar-refractivity contribution in [2.75, 3.05) is 38.8 Å². The number of piperidine rings is 1. The van der Waals surface area contributed by atoms with E-state index in [0.29, 0.717) is 17.6 Å². The molecule has 1 atom stereocenters. The lowest BCUT2D eigenvalue weighted by molar-refractivity contribution is 0.0600. The van der Waals surface area contributed by atoms with Crippen molar-refractivity contribution < 1.29 is 24.2 Å². The summed E-state index contributed by atoms with van der Waals surface area (Å²) >= 11 is 0. The molecule has 2 aliphatic rings. The van der Waals surface area contributed by atoms with Crippen LogP contribution in [0.5, 0.6) is 5.75 Å². The van der Waals surface area contributed by atoms with E-state index < -0.39 is 6.09 Å². The van der Waals surface area contributed by atoms with E-state index in [-0.39, 0.29) is 12.0 Å². The van der Waals surface area contributed by atoms with E-state index in [4.69, 9.17) is 9.47 Å². The standard InChI is InChI=1S/C28H33N3O5/c1-18-15-25(35-2)22(20-10-14-31(26(18)20)28(33)34)17-30-11-5-4-7-23(30)21-9-8-19(27(32)36-3)16-24(21)29-12-6-13-29/h8-10,14-16,23H,4-7,11-13,17H2,1-3H3,(H,33,34). The Kier molecular flexibility index (Phi) is 6.62. The van der Waals surface area contributed by atoms with Gasteiger partial charge < -0.3 is 19.5 Å². The van der Waals surface area contributed by atoms with Crippen molar-refractivity contribution in [3.05, 3.63) is 58.8 Å². The quantitative estimate of drug-likeness (QED) is 0.474. The summed E-state index contributed by atoms with van der Waals surface area (Å²) in [6.45, 7) is 5.46. The minimum absolute atomic E-state index is 0.184. The van der Waals surface area contributed by atoms with Crippen LogP contribution in [-0.4, -0.2) is 60.5 Å². The van der Waals surface area contributed by atoms with Gasteiger partial charge in [0.25, 0.3) is 0 Å². The van der Waals surface area contributed by atoms with Gasteiger partial charge in [-0.2, -0.15) is 0 Å².